The highest BCUT2D eigenvalue weighted by atomic mass is 32.2. The molecule has 1 saturated heterocycles. The highest BCUT2D eigenvalue weighted by Crippen LogP contribution is 2.63. The third-order valence-electron chi connectivity index (χ3n) is 5.25. The summed E-state index contributed by atoms with van der Waals surface area (Å²) in [5, 5.41) is 0. The molecule has 10 heteroatoms. The molecule has 4 heterocycles. The average Bonchev–Trinajstić information content (AvgIpc) is 2.98. The van der Waals surface area contributed by atoms with Gasteiger partial charge in [0.15, 0.2) is 11.0 Å². The zero-order valence-electron chi connectivity index (χ0n) is 12.4. The Morgan fingerprint density at radius 2 is 2.04 bits per heavy atom. The Bertz CT molecular complexity index is 800. The van der Waals surface area contributed by atoms with E-state index < -0.39 is 50.1 Å². The second kappa shape index (κ2) is 4.16. The average molecular weight is 366 g/mol. The molecular weight excluding hydrogens is 353 g/mol. The summed E-state index contributed by atoms with van der Waals surface area (Å²) in [6.07, 6.45) is 4.64. The summed E-state index contributed by atoms with van der Waals surface area (Å²) in [6, 6.07) is 0. The van der Waals surface area contributed by atoms with Crippen LogP contribution in [0.1, 0.15) is 26.2 Å². The van der Waals surface area contributed by atoms with E-state index >= 15 is 0 Å². The van der Waals surface area contributed by atoms with Gasteiger partial charge in [-0.2, -0.15) is 21.6 Å². The first kappa shape index (κ1) is 15.9. The molecule has 24 heavy (non-hydrogen) atoms. The van der Waals surface area contributed by atoms with Crippen LogP contribution in [-0.2, 0) is 28.6 Å². The minimum Gasteiger partial charge on any atom is -0.451 e. The Morgan fingerprint density at radius 3 is 2.71 bits per heavy atom. The van der Waals surface area contributed by atoms with Crippen LogP contribution in [0.25, 0.3) is 0 Å². The second-order valence-corrected chi connectivity index (χ2v) is 8.15. The number of hydrogen-bond donors (Lipinski definition) is 0. The smallest absolute Gasteiger partial charge is 0.451 e. The van der Waals surface area contributed by atoms with Crippen LogP contribution >= 0.6 is 0 Å². The van der Waals surface area contributed by atoms with Crippen molar-refractivity contribution in [1.29, 1.82) is 0 Å². The van der Waals surface area contributed by atoms with Gasteiger partial charge in [0.25, 0.3) is 0 Å². The molecule has 132 valence electrons. The SMILES string of the molecule is C[C@]12C=C(OS(=O)(=O)C(F)(F)F)[C@@]3(CCC[C@]34C=C[C@H]1O4)C(=O)O2. The molecule has 0 unspecified atom stereocenters. The first-order valence-electron chi connectivity index (χ1n) is 7.31. The van der Waals surface area contributed by atoms with Gasteiger partial charge < -0.3 is 13.7 Å². The monoisotopic (exact) mass is 366 g/mol. The van der Waals surface area contributed by atoms with Gasteiger partial charge in [-0.25, -0.2) is 0 Å². The van der Waals surface area contributed by atoms with Crippen molar-refractivity contribution in [3.63, 3.8) is 0 Å². The number of alkyl halides is 3. The number of carbonyl (C=O) groups is 1. The summed E-state index contributed by atoms with van der Waals surface area (Å²) in [4.78, 5) is 12.7. The fourth-order valence-corrected chi connectivity index (χ4v) is 4.61. The number of ether oxygens (including phenoxy) is 2. The molecule has 1 saturated carbocycles. The van der Waals surface area contributed by atoms with Gasteiger partial charge in [0.05, 0.1) is 0 Å². The normalized spacial score (nSPS) is 43.2. The van der Waals surface area contributed by atoms with Crippen molar-refractivity contribution < 1.29 is 40.0 Å². The summed E-state index contributed by atoms with van der Waals surface area (Å²) in [5.74, 6) is -1.37. The number of rotatable bonds is 2. The third-order valence-corrected chi connectivity index (χ3v) is 6.21. The molecule has 5 rings (SSSR count). The summed E-state index contributed by atoms with van der Waals surface area (Å²) in [7, 11) is -5.91. The number of hydrogen-bond acceptors (Lipinski definition) is 6. The van der Waals surface area contributed by atoms with Gasteiger partial charge in [-0.15, -0.1) is 0 Å². The zero-order chi connectivity index (χ0) is 17.6. The lowest BCUT2D eigenvalue weighted by molar-refractivity contribution is -0.169. The Hall–Kier alpha value is -1.55. The molecule has 1 aliphatic carbocycles. The van der Waals surface area contributed by atoms with Gasteiger partial charge in [0.2, 0.25) is 0 Å². The van der Waals surface area contributed by atoms with Crippen molar-refractivity contribution in [2.75, 3.05) is 0 Å². The predicted molar refractivity (Wildman–Crippen MR) is 71.7 cm³/mol. The summed E-state index contributed by atoms with van der Waals surface area (Å²) < 4.78 is 77.1. The van der Waals surface area contributed by atoms with Crippen molar-refractivity contribution in [2.45, 2.75) is 49.0 Å². The van der Waals surface area contributed by atoms with Crippen molar-refractivity contribution in [3.05, 3.63) is 24.0 Å². The fourth-order valence-electron chi connectivity index (χ4n) is 4.09. The summed E-state index contributed by atoms with van der Waals surface area (Å²) in [5.41, 5.74) is -9.98. The molecule has 0 aromatic heterocycles. The van der Waals surface area contributed by atoms with Gasteiger partial charge in [-0.3, -0.25) is 4.79 Å². The predicted octanol–water partition coefficient (Wildman–Crippen LogP) is 1.93. The Balaban J connectivity index is 1.91. The minimum absolute atomic E-state index is 0.0815. The van der Waals surface area contributed by atoms with Gasteiger partial charge in [0.1, 0.15) is 17.5 Å². The highest BCUT2D eigenvalue weighted by molar-refractivity contribution is 7.87. The first-order valence-corrected chi connectivity index (χ1v) is 8.71. The standard InChI is InChI=1S/C14H13F3O6S/c1-11-7-9(23-24(19,20)14(15,16)17)13(10(18)22-11)5-2-4-12(13)6-3-8(11)21-12/h3,6-8H,2,4-5H2,1H3/t8-,11+,12+,13+/m1/s1. The largest absolute Gasteiger partial charge is 0.534 e. The topological polar surface area (TPSA) is 78.9 Å². The van der Waals surface area contributed by atoms with Gasteiger partial charge in [-0.1, -0.05) is 12.2 Å². The molecule has 4 bridgehead atoms. The molecule has 2 spiro atoms. The van der Waals surface area contributed by atoms with Crippen LogP contribution in [0.4, 0.5) is 13.2 Å². The lowest BCUT2D eigenvalue weighted by Gasteiger charge is -2.42. The van der Waals surface area contributed by atoms with Crippen LogP contribution in [0.2, 0.25) is 0 Å². The van der Waals surface area contributed by atoms with Gasteiger partial charge >= 0.3 is 21.6 Å². The van der Waals surface area contributed by atoms with E-state index in [4.69, 9.17) is 9.47 Å². The Morgan fingerprint density at radius 1 is 1.33 bits per heavy atom. The van der Waals surface area contributed by atoms with Crippen molar-refractivity contribution in [3.8, 4) is 0 Å². The molecule has 5 aliphatic rings. The third kappa shape index (κ3) is 1.65. The van der Waals surface area contributed by atoms with Gasteiger partial charge in [0, 0.05) is 6.08 Å². The second-order valence-electron chi connectivity index (χ2n) is 6.61. The molecule has 0 radical (unpaired) electrons. The van der Waals surface area contributed by atoms with E-state index in [1.54, 1.807) is 12.2 Å². The van der Waals surface area contributed by atoms with E-state index in [-0.39, 0.29) is 6.42 Å². The molecule has 0 aromatic rings. The quantitative estimate of drug-likeness (QED) is 0.322. The molecule has 0 N–H and O–H groups in total. The maximum atomic E-state index is 12.8. The van der Waals surface area contributed by atoms with E-state index in [1.165, 1.54) is 6.92 Å². The number of esters is 1. The lowest BCUT2D eigenvalue weighted by atomic mass is 9.70. The van der Waals surface area contributed by atoms with Gasteiger partial charge in [-0.05, 0) is 26.2 Å². The van der Waals surface area contributed by atoms with E-state index in [0.29, 0.717) is 12.8 Å². The Labute approximate surface area is 135 Å². The van der Waals surface area contributed by atoms with E-state index in [2.05, 4.69) is 4.18 Å². The maximum Gasteiger partial charge on any atom is 0.534 e. The molecule has 4 atom stereocenters. The van der Waals surface area contributed by atoms with Crippen molar-refractivity contribution >= 4 is 16.1 Å². The molecule has 4 aliphatic heterocycles. The molecule has 2 fully saturated rings. The maximum absolute atomic E-state index is 12.8. The summed E-state index contributed by atoms with van der Waals surface area (Å²) in [6.45, 7) is 1.44. The Kier molecular flexibility index (Phi) is 2.76. The van der Waals surface area contributed by atoms with E-state index in [1.807, 2.05) is 0 Å². The number of fused-ring (bicyclic) bond motifs is 1. The minimum atomic E-state index is -5.91. The van der Waals surface area contributed by atoms with Crippen LogP contribution in [-0.4, -0.2) is 37.2 Å². The fraction of sp³-hybridized carbons (Fsp3) is 0.643. The van der Waals surface area contributed by atoms with Crippen LogP contribution in [0.3, 0.4) is 0 Å². The lowest BCUT2D eigenvalue weighted by Crippen LogP contribution is -2.53. The van der Waals surface area contributed by atoms with Crippen molar-refractivity contribution in [2.24, 2.45) is 5.41 Å². The number of halogens is 3. The molecular formula is C14H13F3O6S. The molecule has 6 nitrogen and oxygen atoms in total. The van der Waals surface area contributed by atoms with Crippen LogP contribution in [0, 0.1) is 5.41 Å². The highest BCUT2D eigenvalue weighted by Gasteiger charge is 2.73. The first-order chi connectivity index (χ1) is 11.0. The molecule has 0 aromatic carbocycles. The van der Waals surface area contributed by atoms with E-state index in [9.17, 15) is 26.4 Å². The van der Waals surface area contributed by atoms with Crippen LogP contribution in [0.5, 0.6) is 0 Å². The van der Waals surface area contributed by atoms with E-state index in [0.717, 1.165) is 6.08 Å². The summed E-state index contributed by atoms with van der Waals surface area (Å²) >= 11 is 0. The number of carbonyl (C=O) groups excluding carboxylic acids is 1. The van der Waals surface area contributed by atoms with Crippen LogP contribution in [0.15, 0.2) is 24.0 Å². The molecule has 0 amide bonds. The zero-order valence-corrected chi connectivity index (χ0v) is 13.2. The van der Waals surface area contributed by atoms with Crippen LogP contribution < -0.4 is 0 Å². The van der Waals surface area contributed by atoms with Crippen molar-refractivity contribution in [1.82, 2.24) is 0 Å².